The molecule has 0 aliphatic heterocycles. The molecule has 4 heteroatoms. The molecule has 4 nitrogen and oxygen atoms in total. The molecule has 2 aromatic heterocycles. The Balaban J connectivity index is 1.16. The Morgan fingerprint density at radius 2 is 0.745 bits per heavy atom. The van der Waals surface area contributed by atoms with Crippen LogP contribution < -0.4 is 0 Å². The van der Waals surface area contributed by atoms with Crippen LogP contribution in [0.4, 0.5) is 0 Å². The van der Waals surface area contributed by atoms with E-state index in [0.29, 0.717) is 17.5 Å². The van der Waals surface area contributed by atoms with Crippen LogP contribution in [0.2, 0.25) is 0 Å². The van der Waals surface area contributed by atoms with Gasteiger partial charge in [-0.2, -0.15) is 0 Å². The summed E-state index contributed by atoms with van der Waals surface area (Å²) < 4.78 is 2.38. The van der Waals surface area contributed by atoms with Crippen molar-refractivity contribution in [2.75, 3.05) is 0 Å². The Morgan fingerprint density at radius 1 is 0.291 bits per heavy atom. The zero-order valence-corrected chi connectivity index (χ0v) is 29.9. The van der Waals surface area contributed by atoms with Crippen LogP contribution in [-0.2, 0) is 0 Å². The SMILES string of the molecule is c1ccc(-c2ccc(-c3nc(-c4ccccc4)nc(-c4cccc(-n5c6ccccc6c6c(-c7ccccc7)cc(-c7ccccc7)cc65)c4)n3)cc2)cc1. The fourth-order valence-corrected chi connectivity index (χ4v) is 7.59. The molecule has 10 aromatic rings. The normalized spacial score (nSPS) is 11.3. The molecule has 0 aliphatic carbocycles. The smallest absolute Gasteiger partial charge is 0.164 e. The molecule has 55 heavy (non-hydrogen) atoms. The van der Waals surface area contributed by atoms with Crippen LogP contribution in [0.3, 0.4) is 0 Å². The summed E-state index contributed by atoms with van der Waals surface area (Å²) >= 11 is 0. The van der Waals surface area contributed by atoms with Gasteiger partial charge in [0.1, 0.15) is 0 Å². The molecule has 0 amide bonds. The van der Waals surface area contributed by atoms with Crippen LogP contribution >= 0.6 is 0 Å². The summed E-state index contributed by atoms with van der Waals surface area (Å²) in [5.74, 6) is 1.88. The van der Waals surface area contributed by atoms with Crippen LogP contribution in [0.5, 0.6) is 0 Å². The van der Waals surface area contributed by atoms with Crippen molar-refractivity contribution in [1.82, 2.24) is 19.5 Å². The van der Waals surface area contributed by atoms with Crippen molar-refractivity contribution in [3.8, 4) is 73.2 Å². The first-order valence-electron chi connectivity index (χ1n) is 18.5. The highest BCUT2D eigenvalue weighted by molar-refractivity contribution is 6.17. The first-order chi connectivity index (χ1) is 27.3. The van der Waals surface area contributed by atoms with Gasteiger partial charge in [-0.25, -0.2) is 15.0 Å². The molecule has 258 valence electrons. The largest absolute Gasteiger partial charge is 0.309 e. The van der Waals surface area contributed by atoms with Crippen LogP contribution in [0.15, 0.2) is 206 Å². The second-order valence-electron chi connectivity index (χ2n) is 13.7. The maximum Gasteiger partial charge on any atom is 0.164 e. The third kappa shape index (κ3) is 6.06. The first-order valence-corrected chi connectivity index (χ1v) is 18.5. The molecular weight excluding hydrogens is 669 g/mol. The highest BCUT2D eigenvalue weighted by Crippen LogP contribution is 2.42. The quantitative estimate of drug-likeness (QED) is 0.166. The minimum Gasteiger partial charge on any atom is -0.309 e. The molecule has 0 unspecified atom stereocenters. The van der Waals surface area contributed by atoms with E-state index in [4.69, 9.17) is 15.0 Å². The predicted molar refractivity (Wildman–Crippen MR) is 227 cm³/mol. The summed E-state index contributed by atoms with van der Waals surface area (Å²) in [6.07, 6.45) is 0. The van der Waals surface area contributed by atoms with Gasteiger partial charge in [0.05, 0.1) is 11.0 Å². The zero-order chi connectivity index (χ0) is 36.6. The van der Waals surface area contributed by atoms with Gasteiger partial charge in [-0.3, -0.25) is 0 Å². The highest BCUT2D eigenvalue weighted by atomic mass is 15.0. The van der Waals surface area contributed by atoms with Crippen molar-refractivity contribution >= 4 is 21.8 Å². The summed E-state index contributed by atoms with van der Waals surface area (Å²) in [5, 5.41) is 2.42. The standard InChI is InChI=1S/C51H34N4/c1-5-16-35(17-6-1)37-28-30-40(31-29-37)50-52-49(39-22-11-4-12-23-39)53-51(54-50)41-24-15-25-43(32-41)55-46-27-14-13-26-44(46)48-45(38-20-9-3-10-21-38)33-42(34-47(48)55)36-18-7-2-8-19-36/h1-34H. The zero-order valence-electron chi connectivity index (χ0n) is 29.9. The van der Waals surface area contributed by atoms with Crippen molar-refractivity contribution in [2.24, 2.45) is 0 Å². The number of hydrogen-bond acceptors (Lipinski definition) is 3. The van der Waals surface area contributed by atoms with Gasteiger partial charge < -0.3 is 4.57 Å². The second kappa shape index (κ2) is 13.8. The summed E-state index contributed by atoms with van der Waals surface area (Å²) in [7, 11) is 0. The Labute approximate surface area is 319 Å². The second-order valence-corrected chi connectivity index (χ2v) is 13.7. The number of para-hydroxylation sites is 1. The van der Waals surface area contributed by atoms with E-state index >= 15 is 0 Å². The molecule has 0 N–H and O–H groups in total. The molecule has 10 rings (SSSR count). The molecule has 0 saturated carbocycles. The fraction of sp³-hybridized carbons (Fsp3) is 0. The van der Waals surface area contributed by atoms with E-state index in [0.717, 1.165) is 39.0 Å². The van der Waals surface area contributed by atoms with Crippen molar-refractivity contribution in [3.05, 3.63) is 206 Å². The summed E-state index contributed by atoms with van der Waals surface area (Å²) in [6.45, 7) is 0. The number of benzene rings is 8. The molecule has 0 spiro atoms. The first kappa shape index (κ1) is 32.2. The van der Waals surface area contributed by atoms with Gasteiger partial charge in [-0.05, 0) is 63.7 Å². The highest BCUT2D eigenvalue weighted by Gasteiger charge is 2.19. The maximum absolute atomic E-state index is 5.12. The Morgan fingerprint density at radius 3 is 1.38 bits per heavy atom. The van der Waals surface area contributed by atoms with Gasteiger partial charge in [0.15, 0.2) is 17.5 Å². The van der Waals surface area contributed by atoms with E-state index in [1.54, 1.807) is 0 Å². The molecule has 8 aromatic carbocycles. The number of nitrogens with zero attached hydrogens (tertiary/aromatic N) is 4. The molecule has 2 heterocycles. The average Bonchev–Trinajstić information content (AvgIpc) is 3.61. The monoisotopic (exact) mass is 702 g/mol. The van der Waals surface area contributed by atoms with Gasteiger partial charge in [-0.1, -0.05) is 176 Å². The lowest BCUT2D eigenvalue weighted by Gasteiger charge is -2.13. The average molecular weight is 703 g/mol. The van der Waals surface area contributed by atoms with Gasteiger partial charge in [0, 0.05) is 33.2 Å². The number of rotatable bonds is 7. The Hall–Kier alpha value is -7.43. The topological polar surface area (TPSA) is 43.6 Å². The third-order valence-corrected chi connectivity index (χ3v) is 10.2. The van der Waals surface area contributed by atoms with Crippen LogP contribution in [0.25, 0.3) is 95.0 Å². The molecule has 0 saturated heterocycles. The van der Waals surface area contributed by atoms with Gasteiger partial charge in [0.25, 0.3) is 0 Å². The van der Waals surface area contributed by atoms with E-state index in [1.807, 2.05) is 36.4 Å². The van der Waals surface area contributed by atoms with E-state index in [9.17, 15) is 0 Å². The number of fused-ring (bicyclic) bond motifs is 3. The lowest BCUT2D eigenvalue weighted by Crippen LogP contribution is -2.01. The van der Waals surface area contributed by atoms with Crippen molar-refractivity contribution in [2.45, 2.75) is 0 Å². The van der Waals surface area contributed by atoms with Gasteiger partial charge in [0.2, 0.25) is 0 Å². The number of hydrogen-bond donors (Lipinski definition) is 0. The van der Waals surface area contributed by atoms with Crippen molar-refractivity contribution in [1.29, 1.82) is 0 Å². The maximum atomic E-state index is 5.12. The van der Waals surface area contributed by atoms with E-state index in [1.165, 1.54) is 38.6 Å². The van der Waals surface area contributed by atoms with E-state index in [-0.39, 0.29) is 0 Å². The fourth-order valence-electron chi connectivity index (χ4n) is 7.59. The van der Waals surface area contributed by atoms with Crippen LogP contribution in [0, 0.1) is 0 Å². The lowest BCUT2D eigenvalue weighted by atomic mass is 9.94. The molecular formula is C51H34N4. The summed E-state index contributed by atoms with van der Waals surface area (Å²) in [5.41, 5.74) is 13.1. The molecule has 0 fully saturated rings. The van der Waals surface area contributed by atoms with E-state index in [2.05, 4.69) is 174 Å². The molecule has 0 bridgehead atoms. The molecule has 0 aliphatic rings. The van der Waals surface area contributed by atoms with Gasteiger partial charge in [-0.15, -0.1) is 0 Å². The number of aromatic nitrogens is 4. The lowest BCUT2D eigenvalue weighted by molar-refractivity contribution is 1.07. The van der Waals surface area contributed by atoms with Crippen molar-refractivity contribution < 1.29 is 0 Å². The predicted octanol–water partition coefficient (Wildman–Crippen LogP) is 13.0. The van der Waals surface area contributed by atoms with Crippen LogP contribution in [-0.4, -0.2) is 19.5 Å². The van der Waals surface area contributed by atoms with E-state index < -0.39 is 0 Å². The molecule has 0 radical (unpaired) electrons. The Kier molecular flexibility index (Phi) is 8.12. The third-order valence-electron chi connectivity index (χ3n) is 10.2. The minimum atomic E-state index is 0.619. The summed E-state index contributed by atoms with van der Waals surface area (Å²) in [4.78, 5) is 15.2. The Bertz CT molecular complexity index is 2940. The van der Waals surface area contributed by atoms with Gasteiger partial charge >= 0.3 is 0 Å². The minimum absolute atomic E-state index is 0.619. The van der Waals surface area contributed by atoms with Crippen LogP contribution in [0.1, 0.15) is 0 Å². The van der Waals surface area contributed by atoms with Crippen molar-refractivity contribution in [3.63, 3.8) is 0 Å². The summed E-state index contributed by atoms with van der Waals surface area (Å²) in [6, 6.07) is 72.3. The molecule has 0 atom stereocenters.